The number of allylic oxidation sites excluding steroid dienone is 1. The molecule has 0 saturated carbocycles. The molecule has 0 radical (unpaired) electrons. The van der Waals surface area contributed by atoms with Gasteiger partial charge < -0.3 is 15.5 Å². The Bertz CT molecular complexity index is 1250. The Labute approximate surface area is 179 Å². The van der Waals surface area contributed by atoms with Gasteiger partial charge in [-0.25, -0.2) is 18.7 Å². The van der Waals surface area contributed by atoms with Crippen molar-refractivity contribution in [2.24, 2.45) is 0 Å². The number of nitrogens with one attached hydrogen (secondary N) is 1. The van der Waals surface area contributed by atoms with E-state index in [-0.39, 0.29) is 33.3 Å². The van der Waals surface area contributed by atoms with Crippen molar-refractivity contribution in [3.05, 3.63) is 65.1 Å². The number of aromatic nitrogens is 2. The molecule has 0 bridgehead atoms. The number of hydrogen-bond acceptors (Lipinski definition) is 5. The SMILES string of the molecule is C/C=C1\C[C@](O)(C(F)(F)F)[C@H](Nc2cc(F)cc3nc(C)ncc23)c2cc(F)c(O)cc21. The van der Waals surface area contributed by atoms with Crippen LogP contribution in [0.25, 0.3) is 16.5 Å². The molecule has 168 valence electrons. The fourth-order valence-corrected chi connectivity index (χ4v) is 4.03. The second-order valence-corrected chi connectivity index (χ2v) is 7.68. The van der Waals surface area contributed by atoms with Crippen LogP contribution in [0.4, 0.5) is 27.6 Å². The summed E-state index contributed by atoms with van der Waals surface area (Å²) < 4.78 is 70.9. The van der Waals surface area contributed by atoms with Gasteiger partial charge in [0.25, 0.3) is 0 Å². The molecule has 4 rings (SSSR count). The van der Waals surface area contributed by atoms with Crippen LogP contribution < -0.4 is 5.32 Å². The molecule has 5 nitrogen and oxygen atoms in total. The number of halogens is 5. The molecule has 1 aromatic heterocycles. The number of phenolic OH excluding ortho intramolecular Hbond substituents is 1. The number of anilines is 1. The normalized spacial score (nSPS) is 22.2. The van der Waals surface area contributed by atoms with Crippen molar-refractivity contribution in [3.63, 3.8) is 0 Å². The largest absolute Gasteiger partial charge is 0.505 e. The summed E-state index contributed by atoms with van der Waals surface area (Å²) in [5.74, 6) is -2.32. The lowest BCUT2D eigenvalue weighted by Crippen LogP contribution is -2.54. The third kappa shape index (κ3) is 3.44. The Hall–Kier alpha value is -3.27. The van der Waals surface area contributed by atoms with E-state index in [1.54, 1.807) is 6.92 Å². The summed E-state index contributed by atoms with van der Waals surface area (Å²) in [7, 11) is 0. The smallest absolute Gasteiger partial charge is 0.419 e. The van der Waals surface area contributed by atoms with Gasteiger partial charge >= 0.3 is 6.18 Å². The molecule has 0 amide bonds. The van der Waals surface area contributed by atoms with Crippen LogP contribution in [0.1, 0.15) is 36.3 Å². The van der Waals surface area contributed by atoms with E-state index in [0.29, 0.717) is 5.82 Å². The first-order valence-electron chi connectivity index (χ1n) is 9.61. The first kappa shape index (κ1) is 21.9. The number of aryl methyl sites for hydroxylation is 1. The van der Waals surface area contributed by atoms with Crippen LogP contribution in [0, 0.1) is 18.6 Å². The summed E-state index contributed by atoms with van der Waals surface area (Å²) in [5.41, 5.74) is -3.31. The van der Waals surface area contributed by atoms with Crippen molar-refractivity contribution in [1.29, 1.82) is 0 Å². The van der Waals surface area contributed by atoms with Crippen molar-refractivity contribution in [2.45, 2.75) is 38.1 Å². The Morgan fingerprint density at radius 2 is 1.91 bits per heavy atom. The molecule has 3 N–H and O–H groups in total. The van der Waals surface area contributed by atoms with E-state index in [1.807, 2.05) is 0 Å². The molecule has 1 heterocycles. The number of rotatable bonds is 2. The minimum atomic E-state index is -5.12. The van der Waals surface area contributed by atoms with E-state index in [2.05, 4.69) is 15.3 Å². The molecule has 1 aliphatic rings. The van der Waals surface area contributed by atoms with Crippen LogP contribution in [-0.2, 0) is 0 Å². The standard InChI is InChI=1S/C22H18F5N3O2/c1-3-11-8-21(32,22(25,26)27)20(14-6-16(24)19(31)7-13(11)14)30-18-5-12(23)4-17-15(18)9-28-10(2)29-17/h3-7,9,20,30-32H,8H2,1-2H3/b11-3+/t20-,21-/m1/s1. The number of fused-ring (bicyclic) bond motifs is 2. The highest BCUT2D eigenvalue weighted by atomic mass is 19.4. The average Bonchev–Trinajstić information content (AvgIpc) is 2.70. The molecule has 2 aromatic carbocycles. The molecule has 3 aromatic rings. The number of aliphatic hydroxyl groups is 1. The van der Waals surface area contributed by atoms with Crippen molar-refractivity contribution >= 4 is 22.2 Å². The van der Waals surface area contributed by atoms with Gasteiger partial charge in [0.2, 0.25) is 0 Å². The summed E-state index contributed by atoms with van der Waals surface area (Å²) in [6.45, 7) is 3.05. The summed E-state index contributed by atoms with van der Waals surface area (Å²) in [5, 5.41) is 23.5. The van der Waals surface area contributed by atoms with Crippen LogP contribution in [0.15, 0.2) is 36.5 Å². The minimum absolute atomic E-state index is 0.0798. The molecule has 0 aliphatic heterocycles. The fraction of sp³-hybridized carbons (Fsp3) is 0.273. The minimum Gasteiger partial charge on any atom is -0.505 e. The fourth-order valence-electron chi connectivity index (χ4n) is 4.03. The molecule has 10 heteroatoms. The highest BCUT2D eigenvalue weighted by Crippen LogP contribution is 2.53. The molecular formula is C22H18F5N3O2. The third-order valence-electron chi connectivity index (χ3n) is 5.64. The van der Waals surface area contributed by atoms with Gasteiger partial charge in [-0.1, -0.05) is 6.08 Å². The molecule has 0 unspecified atom stereocenters. The van der Waals surface area contributed by atoms with Crippen molar-refractivity contribution in [1.82, 2.24) is 9.97 Å². The van der Waals surface area contributed by atoms with E-state index >= 15 is 0 Å². The Morgan fingerprint density at radius 1 is 1.19 bits per heavy atom. The summed E-state index contributed by atoms with van der Waals surface area (Å²) >= 11 is 0. The van der Waals surface area contributed by atoms with E-state index in [9.17, 15) is 32.2 Å². The number of benzene rings is 2. The predicted molar refractivity (Wildman–Crippen MR) is 108 cm³/mol. The van der Waals surface area contributed by atoms with E-state index in [0.717, 1.165) is 24.3 Å². The van der Waals surface area contributed by atoms with Crippen LogP contribution in [0.2, 0.25) is 0 Å². The van der Waals surface area contributed by atoms with Gasteiger partial charge in [0.15, 0.2) is 17.2 Å². The lowest BCUT2D eigenvalue weighted by molar-refractivity contribution is -0.265. The van der Waals surface area contributed by atoms with E-state index in [1.165, 1.54) is 19.2 Å². The predicted octanol–water partition coefficient (Wildman–Crippen LogP) is 5.18. The second kappa shape index (κ2) is 7.40. The summed E-state index contributed by atoms with van der Waals surface area (Å²) in [6, 6.07) is 1.90. The van der Waals surface area contributed by atoms with Crippen LogP contribution in [-0.4, -0.2) is 32.0 Å². The molecule has 0 saturated heterocycles. The quantitative estimate of drug-likeness (QED) is 0.469. The number of alkyl halides is 3. The molecule has 0 spiro atoms. The lowest BCUT2D eigenvalue weighted by Gasteiger charge is -2.44. The second-order valence-electron chi connectivity index (χ2n) is 7.68. The Morgan fingerprint density at radius 3 is 2.56 bits per heavy atom. The zero-order chi connectivity index (χ0) is 23.4. The number of hydrogen-bond donors (Lipinski definition) is 3. The van der Waals surface area contributed by atoms with Gasteiger partial charge in [-0.15, -0.1) is 0 Å². The van der Waals surface area contributed by atoms with Crippen LogP contribution >= 0.6 is 0 Å². The van der Waals surface area contributed by atoms with E-state index < -0.39 is 41.6 Å². The molecule has 0 fully saturated rings. The molecule has 1 aliphatic carbocycles. The maximum Gasteiger partial charge on any atom is 0.419 e. The molecule has 32 heavy (non-hydrogen) atoms. The first-order valence-corrected chi connectivity index (χ1v) is 9.61. The lowest BCUT2D eigenvalue weighted by atomic mass is 9.72. The third-order valence-corrected chi connectivity index (χ3v) is 5.64. The Balaban J connectivity index is 1.97. The zero-order valence-corrected chi connectivity index (χ0v) is 16.9. The highest BCUT2D eigenvalue weighted by Gasteiger charge is 2.61. The number of aromatic hydroxyl groups is 1. The maximum absolute atomic E-state index is 14.3. The Kier molecular flexibility index (Phi) is 5.08. The highest BCUT2D eigenvalue weighted by molar-refractivity contribution is 5.91. The van der Waals surface area contributed by atoms with Gasteiger partial charge in [0.05, 0.1) is 11.6 Å². The van der Waals surface area contributed by atoms with Gasteiger partial charge in [-0.2, -0.15) is 13.2 Å². The van der Waals surface area contributed by atoms with Crippen molar-refractivity contribution < 1.29 is 32.2 Å². The monoisotopic (exact) mass is 451 g/mol. The van der Waals surface area contributed by atoms with Gasteiger partial charge in [0, 0.05) is 29.8 Å². The number of phenols is 1. The molecule has 2 atom stereocenters. The van der Waals surface area contributed by atoms with Crippen LogP contribution in [0.3, 0.4) is 0 Å². The maximum atomic E-state index is 14.3. The summed E-state index contributed by atoms with van der Waals surface area (Å²) in [4.78, 5) is 8.10. The van der Waals surface area contributed by atoms with Crippen LogP contribution in [0.5, 0.6) is 5.75 Å². The average molecular weight is 451 g/mol. The van der Waals surface area contributed by atoms with Gasteiger partial charge in [-0.05, 0) is 48.7 Å². The first-order chi connectivity index (χ1) is 14.9. The molecular weight excluding hydrogens is 433 g/mol. The summed E-state index contributed by atoms with van der Waals surface area (Å²) in [6.07, 6.45) is -3.30. The topological polar surface area (TPSA) is 78.3 Å². The van der Waals surface area contributed by atoms with Gasteiger partial charge in [0.1, 0.15) is 11.6 Å². The van der Waals surface area contributed by atoms with Crippen molar-refractivity contribution in [2.75, 3.05) is 5.32 Å². The number of nitrogens with zero attached hydrogens (tertiary/aromatic N) is 2. The zero-order valence-electron chi connectivity index (χ0n) is 16.9. The van der Waals surface area contributed by atoms with Crippen molar-refractivity contribution in [3.8, 4) is 5.75 Å². The van der Waals surface area contributed by atoms with Gasteiger partial charge in [-0.3, -0.25) is 0 Å². The van der Waals surface area contributed by atoms with E-state index in [4.69, 9.17) is 0 Å².